The van der Waals surface area contributed by atoms with Gasteiger partial charge in [-0.3, -0.25) is 0 Å². The van der Waals surface area contributed by atoms with E-state index in [2.05, 4.69) is 4.98 Å². The third-order valence-electron chi connectivity index (χ3n) is 2.94. The predicted molar refractivity (Wildman–Crippen MR) is 71.7 cm³/mol. The molecule has 0 saturated heterocycles. The fourth-order valence-electron chi connectivity index (χ4n) is 2.27. The molecule has 0 spiro atoms. The summed E-state index contributed by atoms with van der Waals surface area (Å²) < 4.78 is 28.9. The van der Waals surface area contributed by atoms with E-state index in [1.54, 1.807) is 6.92 Å². The topological polar surface area (TPSA) is 43.8 Å². The fraction of sp³-hybridized carbons (Fsp3) is 0.357. The number of nitrogens with zero attached hydrogens (tertiary/aromatic N) is 2. The molecular weight excluding hydrogens is 248 g/mol. The largest absolute Gasteiger partial charge is 0.383 e. The number of anilines is 1. The summed E-state index contributed by atoms with van der Waals surface area (Å²) >= 11 is 0. The third kappa shape index (κ3) is 2.32. The van der Waals surface area contributed by atoms with Crippen LogP contribution in [0.5, 0.6) is 0 Å². The number of aromatic nitrogens is 2. The van der Waals surface area contributed by atoms with Gasteiger partial charge in [0.05, 0.1) is 0 Å². The lowest BCUT2D eigenvalue weighted by molar-refractivity contribution is 0.393. The van der Waals surface area contributed by atoms with Crippen LogP contribution in [0.3, 0.4) is 0 Å². The smallest absolute Gasteiger partial charge is 0.132 e. The maximum atomic E-state index is 13.8. The molecule has 1 aromatic carbocycles. The van der Waals surface area contributed by atoms with Crippen molar-refractivity contribution in [1.82, 2.24) is 9.55 Å². The summed E-state index contributed by atoms with van der Waals surface area (Å²) in [4.78, 5) is 4.28. The van der Waals surface area contributed by atoms with Crippen LogP contribution in [-0.2, 0) is 5.54 Å². The second kappa shape index (κ2) is 4.33. The number of nitrogens with two attached hydrogens (primary N) is 1. The van der Waals surface area contributed by atoms with Crippen molar-refractivity contribution >= 4 is 5.82 Å². The van der Waals surface area contributed by atoms with Crippen molar-refractivity contribution in [3.05, 3.63) is 35.7 Å². The highest BCUT2D eigenvalue weighted by Crippen LogP contribution is 2.32. The summed E-state index contributed by atoms with van der Waals surface area (Å²) in [7, 11) is 0. The van der Waals surface area contributed by atoms with E-state index in [0.29, 0.717) is 11.6 Å². The Labute approximate surface area is 111 Å². The van der Waals surface area contributed by atoms with Crippen molar-refractivity contribution in [2.24, 2.45) is 0 Å². The molecule has 102 valence electrons. The van der Waals surface area contributed by atoms with Crippen molar-refractivity contribution in [2.75, 3.05) is 5.73 Å². The van der Waals surface area contributed by atoms with Gasteiger partial charge in [-0.15, -0.1) is 0 Å². The van der Waals surface area contributed by atoms with Gasteiger partial charge in [-0.2, -0.15) is 0 Å². The fourth-order valence-corrected chi connectivity index (χ4v) is 2.27. The quantitative estimate of drug-likeness (QED) is 0.858. The van der Waals surface area contributed by atoms with E-state index < -0.39 is 11.6 Å². The van der Waals surface area contributed by atoms with Gasteiger partial charge in [0.1, 0.15) is 29.0 Å². The summed E-state index contributed by atoms with van der Waals surface area (Å²) in [5, 5.41) is 0. The molecule has 0 aliphatic rings. The van der Waals surface area contributed by atoms with Gasteiger partial charge in [0.2, 0.25) is 0 Å². The van der Waals surface area contributed by atoms with E-state index in [-0.39, 0.29) is 16.8 Å². The van der Waals surface area contributed by atoms with Crippen LogP contribution in [0, 0.1) is 18.6 Å². The Morgan fingerprint density at radius 3 is 2.37 bits per heavy atom. The molecule has 0 radical (unpaired) electrons. The van der Waals surface area contributed by atoms with Crippen LogP contribution in [0.25, 0.3) is 11.3 Å². The molecule has 0 atom stereocenters. The number of nitrogen functional groups attached to an aromatic ring is 1. The maximum Gasteiger partial charge on any atom is 0.132 e. The molecule has 0 bridgehead atoms. The molecule has 1 aromatic heterocycles. The number of aryl methyl sites for hydroxylation is 1. The van der Waals surface area contributed by atoms with Gasteiger partial charge in [0, 0.05) is 11.1 Å². The lowest BCUT2D eigenvalue weighted by Gasteiger charge is -2.24. The van der Waals surface area contributed by atoms with Gasteiger partial charge in [-0.1, -0.05) is 0 Å². The molecule has 0 saturated carbocycles. The van der Waals surface area contributed by atoms with Crippen LogP contribution < -0.4 is 5.73 Å². The summed E-state index contributed by atoms with van der Waals surface area (Å²) in [6.07, 6.45) is 0. The third-order valence-corrected chi connectivity index (χ3v) is 2.94. The van der Waals surface area contributed by atoms with Crippen molar-refractivity contribution in [2.45, 2.75) is 33.2 Å². The molecule has 0 fully saturated rings. The zero-order valence-electron chi connectivity index (χ0n) is 11.5. The number of imidazole rings is 1. The van der Waals surface area contributed by atoms with Crippen molar-refractivity contribution in [3.63, 3.8) is 0 Å². The van der Waals surface area contributed by atoms with Gasteiger partial charge in [-0.05, 0) is 45.9 Å². The second-order valence-electron chi connectivity index (χ2n) is 5.52. The highest BCUT2D eigenvalue weighted by Gasteiger charge is 2.24. The van der Waals surface area contributed by atoms with Gasteiger partial charge in [0.15, 0.2) is 0 Å². The summed E-state index contributed by atoms with van der Waals surface area (Å²) in [5.41, 5.74) is 6.15. The lowest BCUT2D eigenvalue weighted by Crippen LogP contribution is -2.24. The Kier molecular flexibility index (Phi) is 3.08. The SMILES string of the molecule is Cc1nc(-c2cc(F)ccc2F)c(N)n1C(C)(C)C. The minimum absolute atomic E-state index is 0.0867. The average molecular weight is 265 g/mol. The maximum absolute atomic E-state index is 13.8. The number of hydrogen-bond acceptors (Lipinski definition) is 2. The number of halogens is 2. The molecule has 1 heterocycles. The van der Waals surface area contributed by atoms with Crippen LogP contribution in [-0.4, -0.2) is 9.55 Å². The summed E-state index contributed by atoms with van der Waals surface area (Å²) in [5.74, 6) is -0.0383. The van der Waals surface area contributed by atoms with Crippen molar-refractivity contribution < 1.29 is 8.78 Å². The normalized spacial score (nSPS) is 11.9. The minimum atomic E-state index is -0.536. The van der Waals surface area contributed by atoms with E-state index >= 15 is 0 Å². The highest BCUT2D eigenvalue weighted by molar-refractivity contribution is 5.71. The van der Waals surface area contributed by atoms with Crippen LogP contribution in [0.2, 0.25) is 0 Å². The van der Waals surface area contributed by atoms with Crippen molar-refractivity contribution in [1.29, 1.82) is 0 Å². The number of benzene rings is 1. The number of rotatable bonds is 1. The van der Waals surface area contributed by atoms with Gasteiger partial charge >= 0.3 is 0 Å². The molecule has 0 unspecified atom stereocenters. The first kappa shape index (κ1) is 13.5. The van der Waals surface area contributed by atoms with E-state index in [1.807, 2.05) is 25.3 Å². The molecule has 2 N–H and O–H groups in total. The lowest BCUT2D eigenvalue weighted by atomic mass is 10.1. The molecule has 2 aromatic rings. The Bertz CT molecular complexity index is 624. The Balaban J connectivity index is 2.68. The molecule has 2 rings (SSSR count). The van der Waals surface area contributed by atoms with Crippen LogP contribution >= 0.6 is 0 Å². The first-order valence-electron chi connectivity index (χ1n) is 6.02. The van der Waals surface area contributed by atoms with Crippen LogP contribution in [0.4, 0.5) is 14.6 Å². The van der Waals surface area contributed by atoms with Crippen molar-refractivity contribution in [3.8, 4) is 11.3 Å². The zero-order chi connectivity index (χ0) is 14.4. The Morgan fingerprint density at radius 1 is 1.21 bits per heavy atom. The molecular formula is C14H17F2N3. The Morgan fingerprint density at radius 2 is 1.84 bits per heavy atom. The highest BCUT2D eigenvalue weighted by atomic mass is 19.1. The van der Waals surface area contributed by atoms with Crippen LogP contribution in [0.1, 0.15) is 26.6 Å². The van der Waals surface area contributed by atoms with Gasteiger partial charge in [0.25, 0.3) is 0 Å². The van der Waals surface area contributed by atoms with Gasteiger partial charge in [-0.25, -0.2) is 13.8 Å². The first-order chi connectivity index (χ1) is 8.71. The van der Waals surface area contributed by atoms with Crippen LogP contribution in [0.15, 0.2) is 18.2 Å². The monoisotopic (exact) mass is 265 g/mol. The van der Waals surface area contributed by atoms with E-state index in [0.717, 1.165) is 18.2 Å². The van der Waals surface area contributed by atoms with E-state index in [4.69, 9.17) is 5.73 Å². The van der Waals surface area contributed by atoms with Gasteiger partial charge < -0.3 is 10.3 Å². The van der Waals surface area contributed by atoms with E-state index in [1.165, 1.54) is 0 Å². The minimum Gasteiger partial charge on any atom is -0.383 e. The molecule has 0 aliphatic heterocycles. The predicted octanol–water partition coefficient (Wildman–Crippen LogP) is 3.47. The first-order valence-corrected chi connectivity index (χ1v) is 6.02. The molecule has 19 heavy (non-hydrogen) atoms. The Hall–Kier alpha value is -1.91. The molecule has 3 nitrogen and oxygen atoms in total. The summed E-state index contributed by atoms with van der Waals surface area (Å²) in [6, 6.07) is 3.26. The molecule has 0 aliphatic carbocycles. The molecule has 0 amide bonds. The number of hydrogen-bond donors (Lipinski definition) is 1. The summed E-state index contributed by atoms with van der Waals surface area (Å²) in [6.45, 7) is 7.72. The molecule has 5 heteroatoms. The standard InChI is InChI=1S/C14H17F2N3/c1-8-18-12(13(17)19(8)14(2,3)4)10-7-9(15)5-6-11(10)16/h5-7H,17H2,1-4H3. The second-order valence-corrected chi connectivity index (χ2v) is 5.52. The average Bonchev–Trinajstić information content (AvgIpc) is 2.57. The zero-order valence-corrected chi connectivity index (χ0v) is 11.5. The van der Waals surface area contributed by atoms with E-state index in [9.17, 15) is 8.78 Å².